The van der Waals surface area contributed by atoms with Crippen molar-refractivity contribution in [2.45, 2.75) is 0 Å². The second kappa shape index (κ2) is 4.93. The maximum absolute atomic E-state index is 6.06. The number of ether oxygens (including phenoxy) is 1. The topological polar surface area (TPSA) is 60.2 Å². The number of methoxy groups -OCH3 is 1. The molecule has 5 heteroatoms. The molecule has 0 aliphatic rings. The van der Waals surface area contributed by atoms with Crippen molar-refractivity contribution in [1.29, 1.82) is 0 Å². The van der Waals surface area contributed by atoms with E-state index in [-0.39, 0.29) is 0 Å². The molecule has 0 radical (unpaired) electrons. The summed E-state index contributed by atoms with van der Waals surface area (Å²) in [5, 5.41) is 3.70. The molecule has 1 heterocycles. The van der Waals surface area contributed by atoms with Crippen LogP contribution in [-0.4, -0.2) is 12.1 Å². The van der Waals surface area contributed by atoms with Crippen LogP contribution in [0.1, 0.15) is 0 Å². The molecule has 1 aromatic carbocycles. The highest BCUT2D eigenvalue weighted by atomic mass is 35.5. The van der Waals surface area contributed by atoms with Crippen LogP contribution in [0.4, 0.5) is 17.2 Å². The fourth-order valence-electron chi connectivity index (χ4n) is 1.34. The molecule has 2 aromatic rings. The van der Waals surface area contributed by atoms with Crippen LogP contribution < -0.4 is 15.8 Å². The number of nitrogens with zero attached hydrogens (tertiary/aromatic N) is 1. The van der Waals surface area contributed by atoms with Crippen LogP contribution in [0, 0.1) is 0 Å². The average molecular weight is 250 g/mol. The van der Waals surface area contributed by atoms with E-state index < -0.39 is 0 Å². The van der Waals surface area contributed by atoms with E-state index in [2.05, 4.69) is 10.3 Å². The number of halogens is 1. The number of nitrogen functional groups attached to an aromatic ring is 1. The van der Waals surface area contributed by atoms with Crippen molar-refractivity contribution in [3.8, 4) is 5.75 Å². The lowest BCUT2D eigenvalue weighted by Gasteiger charge is -2.09. The summed E-state index contributed by atoms with van der Waals surface area (Å²) >= 11 is 6.06. The Morgan fingerprint density at radius 3 is 2.76 bits per heavy atom. The third kappa shape index (κ3) is 2.79. The van der Waals surface area contributed by atoms with E-state index in [1.54, 1.807) is 43.6 Å². The van der Waals surface area contributed by atoms with Crippen LogP contribution in [0.2, 0.25) is 5.02 Å². The molecular formula is C12H12ClN3O. The molecule has 17 heavy (non-hydrogen) atoms. The fourth-order valence-corrected chi connectivity index (χ4v) is 1.51. The number of aromatic nitrogens is 1. The number of rotatable bonds is 3. The molecule has 0 aliphatic heterocycles. The third-order valence-electron chi connectivity index (χ3n) is 2.22. The van der Waals surface area contributed by atoms with Gasteiger partial charge in [-0.3, -0.25) is 0 Å². The SMILES string of the molecule is COc1ccc(Cl)c(Nc2ccc(N)cn2)c1. The predicted octanol–water partition coefficient (Wildman–Crippen LogP) is 3.07. The minimum Gasteiger partial charge on any atom is -0.497 e. The lowest BCUT2D eigenvalue weighted by Crippen LogP contribution is -1.96. The molecule has 0 aliphatic carbocycles. The minimum absolute atomic E-state index is 0.601. The van der Waals surface area contributed by atoms with Gasteiger partial charge in [0.1, 0.15) is 11.6 Å². The lowest BCUT2D eigenvalue weighted by molar-refractivity contribution is 0.415. The van der Waals surface area contributed by atoms with Crippen LogP contribution in [0.15, 0.2) is 36.5 Å². The van der Waals surface area contributed by atoms with Crippen molar-refractivity contribution in [2.75, 3.05) is 18.2 Å². The van der Waals surface area contributed by atoms with Gasteiger partial charge in [0.2, 0.25) is 0 Å². The summed E-state index contributed by atoms with van der Waals surface area (Å²) < 4.78 is 5.13. The third-order valence-corrected chi connectivity index (χ3v) is 2.55. The normalized spacial score (nSPS) is 10.0. The van der Waals surface area contributed by atoms with E-state index in [1.165, 1.54) is 0 Å². The van der Waals surface area contributed by atoms with Gasteiger partial charge in [0, 0.05) is 6.07 Å². The Kier molecular flexibility index (Phi) is 3.35. The Bertz CT molecular complexity index is 514. The van der Waals surface area contributed by atoms with Crippen molar-refractivity contribution >= 4 is 28.8 Å². The van der Waals surface area contributed by atoms with Crippen LogP contribution >= 0.6 is 11.6 Å². The molecule has 4 nitrogen and oxygen atoms in total. The molecule has 0 amide bonds. The van der Waals surface area contributed by atoms with Gasteiger partial charge in [0.25, 0.3) is 0 Å². The van der Waals surface area contributed by atoms with Crippen molar-refractivity contribution in [2.24, 2.45) is 0 Å². The van der Waals surface area contributed by atoms with Crippen LogP contribution in [-0.2, 0) is 0 Å². The van der Waals surface area contributed by atoms with Crippen LogP contribution in [0.3, 0.4) is 0 Å². The summed E-state index contributed by atoms with van der Waals surface area (Å²) in [6.45, 7) is 0. The second-order valence-electron chi connectivity index (χ2n) is 3.45. The first-order valence-corrected chi connectivity index (χ1v) is 5.39. The van der Waals surface area contributed by atoms with Gasteiger partial charge in [-0.25, -0.2) is 4.98 Å². The zero-order chi connectivity index (χ0) is 12.3. The van der Waals surface area contributed by atoms with Gasteiger partial charge < -0.3 is 15.8 Å². The summed E-state index contributed by atoms with van der Waals surface area (Å²) in [4.78, 5) is 4.13. The number of pyridine rings is 1. The summed E-state index contributed by atoms with van der Waals surface area (Å²) in [6, 6.07) is 8.92. The molecular weight excluding hydrogens is 238 g/mol. The molecule has 0 atom stereocenters. The van der Waals surface area contributed by atoms with Gasteiger partial charge >= 0.3 is 0 Å². The molecule has 0 saturated heterocycles. The van der Waals surface area contributed by atoms with Crippen molar-refractivity contribution in [1.82, 2.24) is 4.98 Å². The Balaban J connectivity index is 2.25. The molecule has 3 N–H and O–H groups in total. The summed E-state index contributed by atoms with van der Waals surface area (Å²) in [7, 11) is 1.61. The van der Waals surface area contributed by atoms with Crippen molar-refractivity contribution in [3.05, 3.63) is 41.6 Å². The van der Waals surface area contributed by atoms with Crippen LogP contribution in [0.5, 0.6) is 5.75 Å². The molecule has 2 rings (SSSR count). The molecule has 0 bridgehead atoms. The van der Waals surface area contributed by atoms with Gasteiger partial charge in [-0.2, -0.15) is 0 Å². The summed E-state index contributed by atoms with van der Waals surface area (Å²) in [5.74, 6) is 1.40. The number of hydrogen-bond acceptors (Lipinski definition) is 4. The Labute approximate surface area is 104 Å². The molecule has 1 aromatic heterocycles. The number of anilines is 3. The van der Waals surface area contributed by atoms with Gasteiger partial charge in [0.15, 0.2) is 0 Å². The second-order valence-corrected chi connectivity index (χ2v) is 3.85. The van der Waals surface area contributed by atoms with E-state index in [0.717, 1.165) is 11.4 Å². The maximum Gasteiger partial charge on any atom is 0.130 e. The fraction of sp³-hybridized carbons (Fsp3) is 0.0833. The molecule has 0 spiro atoms. The number of nitrogens with two attached hydrogens (primary N) is 1. The number of nitrogens with one attached hydrogen (secondary N) is 1. The van der Waals surface area contributed by atoms with Crippen LogP contribution in [0.25, 0.3) is 0 Å². The minimum atomic E-state index is 0.601. The first kappa shape index (κ1) is 11.5. The highest BCUT2D eigenvalue weighted by Crippen LogP contribution is 2.28. The maximum atomic E-state index is 6.06. The predicted molar refractivity (Wildman–Crippen MR) is 69.9 cm³/mol. The lowest BCUT2D eigenvalue weighted by atomic mass is 10.3. The van der Waals surface area contributed by atoms with Gasteiger partial charge in [-0.15, -0.1) is 0 Å². The van der Waals surface area contributed by atoms with E-state index in [9.17, 15) is 0 Å². The highest BCUT2D eigenvalue weighted by molar-refractivity contribution is 6.33. The Morgan fingerprint density at radius 1 is 1.29 bits per heavy atom. The van der Waals surface area contributed by atoms with E-state index in [1.807, 2.05) is 0 Å². The largest absolute Gasteiger partial charge is 0.497 e. The van der Waals surface area contributed by atoms with Gasteiger partial charge in [0.05, 0.1) is 29.7 Å². The summed E-state index contributed by atoms with van der Waals surface area (Å²) in [6.07, 6.45) is 1.58. The van der Waals surface area contributed by atoms with E-state index >= 15 is 0 Å². The quantitative estimate of drug-likeness (QED) is 0.878. The van der Waals surface area contributed by atoms with E-state index in [4.69, 9.17) is 22.1 Å². The monoisotopic (exact) mass is 249 g/mol. The average Bonchev–Trinajstić information content (AvgIpc) is 2.35. The summed E-state index contributed by atoms with van der Waals surface area (Å²) in [5.41, 5.74) is 6.92. The van der Waals surface area contributed by atoms with Gasteiger partial charge in [-0.1, -0.05) is 11.6 Å². The van der Waals surface area contributed by atoms with Crippen molar-refractivity contribution in [3.63, 3.8) is 0 Å². The van der Waals surface area contributed by atoms with Gasteiger partial charge in [-0.05, 0) is 24.3 Å². The first-order valence-electron chi connectivity index (χ1n) is 5.01. The zero-order valence-electron chi connectivity index (χ0n) is 9.27. The number of hydrogen-bond donors (Lipinski definition) is 2. The molecule has 0 unspecified atom stereocenters. The Hall–Kier alpha value is -1.94. The van der Waals surface area contributed by atoms with Crippen molar-refractivity contribution < 1.29 is 4.74 Å². The first-order chi connectivity index (χ1) is 8.19. The zero-order valence-corrected chi connectivity index (χ0v) is 10.0. The molecule has 0 fully saturated rings. The standard InChI is InChI=1S/C12H12ClN3O/c1-17-9-3-4-10(13)11(6-9)16-12-5-2-8(14)7-15-12/h2-7H,14H2,1H3,(H,15,16). The highest BCUT2D eigenvalue weighted by Gasteiger charge is 2.03. The molecule has 0 saturated carbocycles. The molecule has 88 valence electrons. The Morgan fingerprint density at radius 2 is 2.12 bits per heavy atom. The smallest absolute Gasteiger partial charge is 0.130 e. The number of benzene rings is 1. The van der Waals surface area contributed by atoms with E-state index in [0.29, 0.717) is 16.5 Å².